The first kappa shape index (κ1) is 11.1. The molecule has 2 rings (SSSR count). The van der Waals surface area contributed by atoms with Crippen LogP contribution in [0.1, 0.15) is 5.56 Å². The molecule has 0 atom stereocenters. The van der Waals surface area contributed by atoms with Gasteiger partial charge in [-0.05, 0) is 17.7 Å². The Hall–Kier alpha value is -1.38. The summed E-state index contributed by atoms with van der Waals surface area (Å²) >= 11 is 5.78. The fourth-order valence-electron chi connectivity index (χ4n) is 1.59. The summed E-state index contributed by atoms with van der Waals surface area (Å²) in [6.45, 7) is 0.202. The fraction of sp³-hybridized carbons (Fsp3) is 0.0769. The van der Waals surface area contributed by atoms with Gasteiger partial charge in [0, 0.05) is 22.7 Å². The molecular weight excluding hydrogens is 225 g/mol. The normalized spacial score (nSPS) is 10.4. The highest BCUT2D eigenvalue weighted by molar-refractivity contribution is 6.30. The quantitative estimate of drug-likeness (QED) is 0.846. The van der Waals surface area contributed by atoms with E-state index in [1.54, 1.807) is 42.5 Å². The van der Waals surface area contributed by atoms with Gasteiger partial charge in [0.05, 0.1) is 0 Å². The van der Waals surface area contributed by atoms with Crippen molar-refractivity contribution < 1.29 is 4.39 Å². The summed E-state index contributed by atoms with van der Waals surface area (Å²) in [5, 5.41) is 0.638. The molecule has 0 heterocycles. The Bertz CT molecular complexity index is 494. The van der Waals surface area contributed by atoms with Gasteiger partial charge in [0.25, 0.3) is 0 Å². The van der Waals surface area contributed by atoms with Gasteiger partial charge in [0.1, 0.15) is 5.82 Å². The Labute approximate surface area is 98.7 Å². The van der Waals surface area contributed by atoms with Gasteiger partial charge in [0.15, 0.2) is 0 Å². The predicted molar refractivity (Wildman–Crippen MR) is 64.7 cm³/mol. The molecular formula is C13H11ClFN. The molecule has 0 amide bonds. The molecule has 0 aliphatic heterocycles. The molecule has 0 radical (unpaired) electrons. The van der Waals surface area contributed by atoms with Crippen LogP contribution in [0.2, 0.25) is 5.02 Å². The average molecular weight is 236 g/mol. The lowest BCUT2D eigenvalue weighted by Gasteiger charge is -2.07. The largest absolute Gasteiger partial charge is 0.326 e. The Kier molecular flexibility index (Phi) is 3.22. The molecule has 0 saturated heterocycles. The summed E-state index contributed by atoms with van der Waals surface area (Å²) in [6, 6.07) is 12.3. The van der Waals surface area contributed by atoms with Crippen LogP contribution in [0.25, 0.3) is 11.1 Å². The van der Waals surface area contributed by atoms with Crippen molar-refractivity contribution >= 4 is 11.6 Å². The molecule has 1 nitrogen and oxygen atoms in total. The van der Waals surface area contributed by atoms with Crippen molar-refractivity contribution in [1.82, 2.24) is 0 Å². The molecule has 0 aromatic heterocycles. The van der Waals surface area contributed by atoms with Gasteiger partial charge in [-0.3, -0.25) is 0 Å². The Morgan fingerprint density at radius 3 is 2.38 bits per heavy atom. The van der Waals surface area contributed by atoms with Crippen LogP contribution >= 0.6 is 11.6 Å². The summed E-state index contributed by atoms with van der Waals surface area (Å²) in [6.07, 6.45) is 0. The molecule has 0 bridgehead atoms. The van der Waals surface area contributed by atoms with Crippen molar-refractivity contribution in [1.29, 1.82) is 0 Å². The highest BCUT2D eigenvalue weighted by atomic mass is 35.5. The van der Waals surface area contributed by atoms with E-state index in [-0.39, 0.29) is 12.4 Å². The van der Waals surface area contributed by atoms with Crippen LogP contribution < -0.4 is 5.73 Å². The second-order valence-electron chi connectivity index (χ2n) is 3.49. The van der Waals surface area contributed by atoms with E-state index in [4.69, 9.17) is 17.3 Å². The predicted octanol–water partition coefficient (Wildman–Crippen LogP) is 3.60. The van der Waals surface area contributed by atoms with E-state index in [2.05, 4.69) is 0 Å². The standard InChI is InChI=1S/C13H11ClFN/c14-11-6-4-9(5-7-11)12-3-1-2-10(8-16)13(12)15/h1-7H,8,16H2. The van der Waals surface area contributed by atoms with Crippen molar-refractivity contribution in [2.24, 2.45) is 5.73 Å². The minimum Gasteiger partial charge on any atom is -0.326 e. The molecule has 0 spiro atoms. The van der Waals surface area contributed by atoms with Crippen molar-refractivity contribution in [3.8, 4) is 11.1 Å². The topological polar surface area (TPSA) is 26.0 Å². The number of rotatable bonds is 2. The molecule has 0 aliphatic carbocycles. The van der Waals surface area contributed by atoms with Crippen LogP contribution in [0, 0.1) is 5.82 Å². The summed E-state index contributed by atoms with van der Waals surface area (Å²) in [5.41, 5.74) is 7.34. The van der Waals surface area contributed by atoms with Gasteiger partial charge in [-0.2, -0.15) is 0 Å². The number of hydrogen-bond donors (Lipinski definition) is 1. The van der Waals surface area contributed by atoms with Crippen LogP contribution in [0.4, 0.5) is 4.39 Å². The molecule has 16 heavy (non-hydrogen) atoms. The van der Waals surface area contributed by atoms with Crippen LogP contribution in [0.15, 0.2) is 42.5 Å². The second kappa shape index (κ2) is 4.64. The highest BCUT2D eigenvalue weighted by Crippen LogP contribution is 2.25. The van der Waals surface area contributed by atoms with Gasteiger partial charge in [-0.1, -0.05) is 41.9 Å². The molecule has 82 valence electrons. The molecule has 0 unspecified atom stereocenters. The molecule has 2 aromatic rings. The molecule has 2 aromatic carbocycles. The third-order valence-electron chi connectivity index (χ3n) is 2.45. The Balaban J connectivity index is 2.51. The third-order valence-corrected chi connectivity index (χ3v) is 2.71. The summed E-state index contributed by atoms with van der Waals surface area (Å²) in [5.74, 6) is -0.257. The molecule has 0 fully saturated rings. The first-order valence-electron chi connectivity index (χ1n) is 4.96. The number of nitrogens with two attached hydrogens (primary N) is 1. The summed E-state index contributed by atoms with van der Waals surface area (Å²) in [4.78, 5) is 0. The van der Waals surface area contributed by atoms with Gasteiger partial charge in [0.2, 0.25) is 0 Å². The van der Waals surface area contributed by atoms with E-state index in [9.17, 15) is 4.39 Å². The van der Waals surface area contributed by atoms with Gasteiger partial charge in [-0.15, -0.1) is 0 Å². The highest BCUT2D eigenvalue weighted by Gasteiger charge is 2.08. The summed E-state index contributed by atoms with van der Waals surface area (Å²) in [7, 11) is 0. The van der Waals surface area contributed by atoms with Crippen molar-refractivity contribution in [3.63, 3.8) is 0 Å². The van der Waals surface area contributed by atoms with E-state index in [1.165, 1.54) is 0 Å². The molecule has 3 heteroatoms. The zero-order valence-corrected chi connectivity index (χ0v) is 9.34. The monoisotopic (exact) mass is 235 g/mol. The minimum absolute atomic E-state index is 0.202. The Morgan fingerprint density at radius 1 is 1.06 bits per heavy atom. The van der Waals surface area contributed by atoms with Gasteiger partial charge < -0.3 is 5.73 Å². The van der Waals surface area contributed by atoms with Gasteiger partial charge in [-0.25, -0.2) is 4.39 Å². The summed E-state index contributed by atoms with van der Waals surface area (Å²) < 4.78 is 13.9. The first-order chi connectivity index (χ1) is 7.72. The number of hydrogen-bond acceptors (Lipinski definition) is 1. The average Bonchev–Trinajstić information content (AvgIpc) is 2.31. The molecule has 0 saturated carbocycles. The lowest BCUT2D eigenvalue weighted by Crippen LogP contribution is -2.00. The van der Waals surface area contributed by atoms with E-state index in [1.807, 2.05) is 0 Å². The maximum atomic E-state index is 13.9. The molecule has 2 N–H and O–H groups in total. The molecule has 0 aliphatic rings. The van der Waals surface area contributed by atoms with E-state index in [0.717, 1.165) is 5.56 Å². The maximum Gasteiger partial charge on any atom is 0.135 e. The first-order valence-corrected chi connectivity index (χ1v) is 5.33. The Morgan fingerprint density at radius 2 is 1.75 bits per heavy atom. The third kappa shape index (κ3) is 2.08. The van der Waals surface area contributed by atoms with E-state index in [0.29, 0.717) is 16.1 Å². The minimum atomic E-state index is -0.257. The second-order valence-corrected chi connectivity index (χ2v) is 3.93. The van der Waals surface area contributed by atoms with Gasteiger partial charge >= 0.3 is 0 Å². The van der Waals surface area contributed by atoms with E-state index >= 15 is 0 Å². The lowest BCUT2D eigenvalue weighted by atomic mass is 10.0. The fourth-order valence-corrected chi connectivity index (χ4v) is 1.72. The van der Waals surface area contributed by atoms with Crippen LogP contribution in [-0.4, -0.2) is 0 Å². The van der Waals surface area contributed by atoms with E-state index < -0.39 is 0 Å². The smallest absolute Gasteiger partial charge is 0.135 e. The van der Waals surface area contributed by atoms with Crippen LogP contribution in [0.3, 0.4) is 0 Å². The van der Waals surface area contributed by atoms with Crippen LogP contribution in [0.5, 0.6) is 0 Å². The maximum absolute atomic E-state index is 13.9. The zero-order chi connectivity index (χ0) is 11.5. The zero-order valence-electron chi connectivity index (χ0n) is 8.58. The SMILES string of the molecule is NCc1cccc(-c2ccc(Cl)cc2)c1F. The lowest BCUT2D eigenvalue weighted by molar-refractivity contribution is 0.614. The van der Waals surface area contributed by atoms with Crippen LogP contribution in [-0.2, 0) is 6.54 Å². The van der Waals surface area contributed by atoms with Crippen molar-refractivity contribution in [2.75, 3.05) is 0 Å². The van der Waals surface area contributed by atoms with Crippen molar-refractivity contribution in [3.05, 3.63) is 58.9 Å². The number of halogens is 2. The number of benzene rings is 2. The van der Waals surface area contributed by atoms with Crippen molar-refractivity contribution in [2.45, 2.75) is 6.54 Å².